The smallest absolute Gasteiger partial charge is 0.326 e. The number of benzene rings is 1. The largest absolute Gasteiger partial charge is 0.480 e. The summed E-state index contributed by atoms with van der Waals surface area (Å²) in [6, 6.07) is 10.1. The van der Waals surface area contributed by atoms with Gasteiger partial charge in [0.25, 0.3) is 15.9 Å². The van der Waals surface area contributed by atoms with Gasteiger partial charge < -0.3 is 21.9 Å². The zero-order valence-corrected chi connectivity index (χ0v) is 20.2. The number of pyridine rings is 1. The molecular formula is C22H26N6O5S2. The highest BCUT2D eigenvalue weighted by Crippen LogP contribution is 2.30. The standard InChI is InChI=1S/C22H26N6O5S2/c23-22(24)26-10-3-5-17(21(30)31)27-20(29)19-16(9-13-34-19)28-35(32,33)18-6-2-1-4-15(18)14-7-11-25-12-8-14/h1-2,4,6-9,11-13,17,22,26,28H,3,5,10,23-24H2,(H,27,29)(H,30,31)/t17-/m0/s1. The molecule has 0 aliphatic rings. The number of carboxylic acids is 1. The Morgan fingerprint density at radius 3 is 2.49 bits per heavy atom. The van der Waals surface area contributed by atoms with E-state index in [4.69, 9.17) is 11.5 Å². The number of carbonyl (C=O) groups excluding carboxylic acids is 1. The Labute approximate surface area is 206 Å². The van der Waals surface area contributed by atoms with Crippen LogP contribution in [-0.4, -0.2) is 49.3 Å². The number of rotatable bonds is 12. The van der Waals surface area contributed by atoms with Gasteiger partial charge >= 0.3 is 5.97 Å². The number of amides is 1. The van der Waals surface area contributed by atoms with Gasteiger partial charge in [0, 0.05) is 18.0 Å². The van der Waals surface area contributed by atoms with Crippen molar-refractivity contribution >= 4 is 38.9 Å². The number of thiophene rings is 1. The number of carboxylic acid groups (broad SMARTS) is 1. The SMILES string of the molecule is NC(N)NCCC[C@H](NC(=O)c1sccc1NS(=O)(=O)c1ccccc1-c1ccncc1)C(=O)O. The lowest BCUT2D eigenvalue weighted by Crippen LogP contribution is -2.46. The van der Waals surface area contributed by atoms with Crippen molar-refractivity contribution in [3.05, 3.63) is 65.1 Å². The summed E-state index contributed by atoms with van der Waals surface area (Å²) in [6.45, 7) is 0.373. The fourth-order valence-electron chi connectivity index (χ4n) is 3.29. The van der Waals surface area contributed by atoms with Crippen LogP contribution in [0.1, 0.15) is 22.5 Å². The highest BCUT2D eigenvalue weighted by molar-refractivity contribution is 7.92. The van der Waals surface area contributed by atoms with E-state index in [1.807, 2.05) is 0 Å². The topological polar surface area (TPSA) is 190 Å². The minimum atomic E-state index is -4.08. The number of hydrogen-bond donors (Lipinski definition) is 6. The van der Waals surface area contributed by atoms with Crippen molar-refractivity contribution in [3.8, 4) is 11.1 Å². The number of aliphatic carboxylic acids is 1. The van der Waals surface area contributed by atoms with Crippen molar-refractivity contribution in [2.45, 2.75) is 30.1 Å². The van der Waals surface area contributed by atoms with Crippen LogP contribution in [0.5, 0.6) is 0 Å². The molecule has 11 nitrogen and oxygen atoms in total. The summed E-state index contributed by atoms with van der Waals surface area (Å²) in [4.78, 5) is 28.5. The Hall–Kier alpha value is -3.36. The molecule has 0 bridgehead atoms. The average molecular weight is 519 g/mol. The number of nitrogens with one attached hydrogen (secondary N) is 3. The van der Waals surface area contributed by atoms with Gasteiger partial charge in [-0.15, -0.1) is 11.3 Å². The molecule has 2 heterocycles. The summed E-state index contributed by atoms with van der Waals surface area (Å²) in [6.07, 6.45) is 2.93. The van der Waals surface area contributed by atoms with Crippen molar-refractivity contribution in [2.75, 3.05) is 11.3 Å². The van der Waals surface area contributed by atoms with Crippen LogP contribution in [0.4, 0.5) is 5.69 Å². The number of aromatic nitrogens is 1. The van der Waals surface area contributed by atoms with Crippen LogP contribution in [0.15, 0.2) is 65.1 Å². The Kier molecular flexibility index (Phi) is 8.89. The zero-order valence-electron chi connectivity index (χ0n) is 18.5. The van der Waals surface area contributed by atoms with Crippen LogP contribution < -0.4 is 26.8 Å². The summed E-state index contributed by atoms with van der Waals surface area (Å²) in [7, 11) is -4.08. The predicted octanol–water partition coefficient (Wildman–Crippen LogP) is 1.36. The van der Waals surface area contributed by atoms with Gasteiger partial charge in [-0.05, 0) is 54.6 Å². The maximum atomic E-state index is 13.3. The third-order valence-corrected chi connectivity index (χ3v) is 7.27. The number of hydrogen-bond acceptors (Lipinski definition) is 9. The maximum Gasteiger partial charge on any atom is 0.326 e. The fourth-order valence-corrected chi connectivity index (χ4v) is 5.41. The number of anilines is 1. The summed E-state index contributed by atoms with van der Waals surface area (Å²) in [5.41, 5.74) is 12.0. The zero-order chi connectivity index (χ0) is 25.4. The van der Waals surface area contributed by atoms with E-state index in [0.29, 0.717) is 24.1 Å². The molecule has 0 radical (unpaired) electrons. The van der Waals surface area contributed by atoms with E-state index >= 15 is 0 Å². The highest BCUT2D eigenvalue weighted by Gasteiger charge is 2.26. The van der Waals surface area contributed by atoms with Crippen LogP contribution in [0.2, 0.25) is 0 Å². The molecule has 186 valence electrons. The van der Waals surface area contributed by atoms with Gasteiger partial charge in [-0.25, -0.2) is 13.2 Å². The molecule has 13 heteroatoms. The van der Waals surface area contributed by atoms with Gasteiger partial charge in [-0.3, -0.25) is 19.8 Å². The van der Waals surface area contributed by atoms with Gasteiger partial charge in [0.05, 0.1) is 10.6 Å². The van der Waals surface area contributed by atoms with Crippen molar-refractivity contribution in [1.82, 2.24) is 15.6 Å². The third kappa shape index (κ3) is 7.07. The van der Waals surface area contributed by atoms with E-state index in [0.717, 1.165) is 11.3 Å². The molecule has 1 aromatic carbocycles. The lowest BCUT2D eigenvalue weighted by atomic mass is 10.1. The van der Waals surface area contributed by atoms with E-state index in [2.05, 4.69) is 20.3 Å². The molecule has 0 saturated heterocycles. The lowest BCUT2D eigenvalue weighted by molar-refractivity contribution is -0.139. The molecular weight excluding hydrogens is 492 g/mol. The second kappa shape index (κ2) is 11.9. The van der Waals surface area contributed by atoms with E-state index < -0.39 is 34.2 Å². The first-order chi connectivity index (χ1) is 16.7. The normalized spacial score (nSPS) is 12.3. The summed E-state index contributed by atoms with van der Waals surface area (Å²) < 4.78 is 29.0. The molecule has 1 amide bonds. The molecule has 3 aromatic rings. The lowest BCUT2D eigenvalue weighted by Gasteiger charge is -2.16. The molecule has 0 aliphatic carbocycles. The van der Waals surface area contributed by atoms with Crippen molar-refractivity contribution in [3.63, 3.8) is 0 Å². The Balaban J connectivity index is 1.77. The molecule has 35 heavy (non-hydrogen) atoms. The average Bonchev–Trinajstić information content (AvgIpc) is 3.28. The Morgan fingerprint density at radius 1 is 1.09 bits per heavy atom. The van der Waals surface area contributed by atoms with E-state index in [-0.39, 0.29) is 21.9 Å². The number of sulfonamides is 1. The molecule has 2 aromatic heterocycles. The van der Waals surface area contributed by atoms with Crippen molar-refractivity contribution in [2.24, 2.45) is 11.5 Å². The molecule has 0 unspecified atom stereocenters. The van der Waals surface area contributed by atoms with Crippen molar-refractivity contribution < 1.29 is 23.1 Å². The van der Waals surface area contributed by atoms with Crippen LogP contribution in [-0.2, 0) is 14.8 Å². The minimum absolute atomic E-state index is 0.0257. The van der Waals surface area contributed by atoms with E-state index in [9.17, 15) is 23.1 Å². The molecule has 0 fully saturated rings. The molecule has 0 spiro atoms. The highest BCUT2D eigenvalue weighted by atomic mass is 32.2. The number of nitrogens with two attached hydrogens (primary N) is 2. The monoisotopic (exact) mass is 518 g/mol. The maximum absolute atomic E-state index is 13.3. The first-order valence-corrected chi connectivity index (χ1v) is 12.9. The van der Waals surface area contributed by atoms with Crippen LogP contribution in [0.25, 0.3) is 11.1 Å². The quantitative estimate of drug-likeness (QED) is 0.152. The summed E-state index contributed by atoms with van der Waals surface area (Å²) >= 11 is 0.994. The van der Waals surface area contributed by atoms with Gasteiger partial charge in [0.15, 0.2) is 0 Å². The summed E-state index contributed by atoms with van der Waals surface area (Å²) in [5, 5.41) is 16.2. The Bertz CT molecular complexity index is 1260. The van der Waals surface area contributed by atoms with Crippen LogP contribution >= 0.6 is 11.3 Å². The van der Waals surface area contributed by atoms with Gasteiger partial charge in [0.2, 0.25) is 0 Å². The van der Waals surface area contributed by atoms with Crippen LogP contribution in [0.3, 0.4) is 0 Å². The predicted molar refractivity (Wildman–Crippen MR) is 133 cm³/mol. The second-order valence-electron chi connectivity index (χ2n) is 7.49. The first kappa shape index (κ1) is 26.2. The van der Waals surface area contributed by atoms with Gasteiger partial charge in [-0.2, -0.15) is 0 Å². The molecule has 3 rings (SSSR count). The third-order valence-electron chi connectivity index (χ3n) is 4.94. The molecule has 1 atom stereocenters. The molecule has 0 aliphatic heterocycles. The summed E-state index contributed by atoms with van der Waals surface area (Å²) in [5.74, 6) is -1.91. The second-order valence-corrected chi connectivity index (χ2v) is 10.1. The van der Waals surface area contributed by atoms with Crippen LogP contribution in [0, 0.1) is 0 Å². The first-order valence-electron chi connectivity index (χ1n) is 10.6. The fraction of sp³-hybridized carbons (Fsp3) is 0.227. The number of carbonyl (C=O) groups is 2. The van der Waals surface area contributed by atoms with E-state index in [1.165, 1.54) is 12.1 Å². The minimum Gasteiger partial charge on any atom is -0.480 e. The molecule has 8 N–H and O–H groups in total. The molecule has 0 saturated carbocycles. The van der Waals surface area contributed by atoms with Gasteiger partial charge in [-0.1, -0.05) is 18.2 Å². The Morgan fingerprint density at radius 2 is 1.80 bits per heavy atom. The van der Waals surface area contributed by atoms with Gasteiger partial charge in [0.1, 0.15) is 17.2 Å². The van der Waals surface area contributed by atoms with Crippen molar-refractivity contribution in [1.29, 1.82) is 0 Å². The van der Waals surface area contributed by atoms with E-state index in [1.54, 1.807) is 48.1 Å². The number of nitrogens with zero attached hydrogens (tertiary/aromatic N) is 1.